The van der Waals surface area contributed by atoms with Crippen molar-refractivity contribution in [3.05, 3.63) is 58.6 Å². The highest BCUT2D eigenvalue weighted by molar-refractivity contribution is 6.32. The van der Waals surface area contributed by atoms with Gasteiger partial charge in [0.2, 0.25) is 0 Å². The molecule has 2 aromatic rings. The first-order chi connectivity index (χ1) is 10.2. The van der Waals surface area contributed by atoms with Crippen molar-refractivity contribution in [3.63, 3.8) is 0 Å². The van der Waals surface area contributed by atoms with Gasteiger partial charge in [-0.15, -0.1) is 0 Å². The Morgan fingerprint density at radius 1 is 1.14 bits per heavy atom. The number of methoxy groups -OCH3 is 1. The van der Waals surface area contributed by atoms with E-state index in [0.29, 0.717) is 23.9 Å². The average Bonchev–Trinajstić information content (AvgIpc) is 2.52. The molecule has 0 radical (unpaired) electrons. The predicted molar refractivity (Wildman–Crippen MR) is 84.7 cm³/mol. The molecule has 2 N–H and O–H groups in total. The molecule has 0 saturated carbocycles. The number of hydrogen-bond acceptors (Lipinski definition) is 3. The molecular formula is C17H16ClNO2. The Hall–Kier alpha value is -2.15. The molecule has 108 valence electrons. The minimum absolute atomic E-state index is 0.309. The highest BCUT2D eigenvalue weighted by Gasteiger charge is 2.04. The molecule has 0 bridgehead atoms. The van der Waals surface area contributed by atoms with E-state index in [0.717, 1.165) is 16.9 Å². The number of para-hydroxylation sites is 1. The smallest absolute Gasteiger partial charge is 0.138 e. The fourth-order valence-electron chi connectivity index (χ4n) is 1.81. The van der Waals surface area contributed by atoms with Crippen LogP contribution in [0.2, 0.25) is 5.02 Å². The molecule has 0 aliphatic carbocycles. The van der Waals surface area contributed by atoms with Gasteiger partial charge in [-0.1, -0.05) is 41.6 Å². The highest BCUT2D eigenvalue weighted by atomic mass is 35.5. The van der Waals surface area contributed by atoms with E-state index < -0.39 is 0 Å². The first kappa shape index (κ1) is 15.2. The maximum absolute atomic E-state index is 6.06. The molecule has 0 fully saturated rings. The van der Waals surface area contributed by atoms with E-state index in [1.54, 1.807) is 13.2 Å². The average molecular weight is 302 g/mol. The summed E-state index contributed by atoms with van der Waals surface area (Å²) in [5.41, 5.74) is 7.18. The largest absolute Gasteiger partial charge is 0.495 e. The molecule has 0 atom stereocenters. The van der Waals surface area contributed by atoms with E-state index in [9.17, 15) is 0 Å². The summed E-state index contributed by atoms with van der Waals surface area (Å²) >= 11 is 6.06. The van der Waals surface area contributed by atoms with Gasteiger partial charge in [-0.05, 0) is 29.8 Å². The molecule has 0 unspecified atom stereocenters. The molecule has 0 aromatic heterocycles. The third-order valence-electron chi connectivity index (χ3n) is 2.82. The highest BCUT2D eigenvalue weighted by Crippen LogP contribution is 2.25. The standard InChI is InChI=1S/C17H16ClNO2/c1-20-16-9-8-13(11-14(16)5-4-10-19)12-21-17-7-3-2-6-15(17)18/h2-3,6-9,11H,10,12,19H2,1H3. The third-order valence-corrected chi connectivity index (χ3v) is 3.13. The Balaban J connectivity index is 2.15. The Bertz CT molecular complexity index is 674. The van der Waals surface area contributed by atoms with Gasteiger partial charge in [0.25, 0.3) is 0 Å². The Morgan fingerprint density at radius 2 is 1.95 bits per heavy atom. The van der Waals surface area contributed by atoms with Crippen LogP contribution in [0.15, 0.2) is 42.5 Å². The molecule has 0 aliphatic rings. The molecule has 3 nitrogen and oxygen atoms in total. The molecule has 2 rings (SSSR count). The van der Waals surface area contributed by atoms with Crippen LogP contribution in [0.4, 0.5) is 0 Å². The van der Waals surface area contributed by atoms with E-state index in [-0.39, 0.29) is 0 Å². The number of hydrogen-bond donors (Lipinski definition) is 1. The lowest BCUT2D eigenvalue weighted by Crippen LogP contribution is -1.98. The van der Waals surface area contributed by atoms with Gasteiger partial charge < -0.3 is 15.2 Å². The summed E-state index contributed by atoms with van der Waals surface area (Å²) < 4.78 is 11.0. The van der Waals surface area contributed by atoms with Gasteiger partial charge in [0, 0.05) is 0 Å². The van der Waals surface area contributed by atoms with Crippen LogP contribution in [-0.2, 0) is 6.61 Å². The van der Waals surface area contributed by atoms with Gasteiger partial charge in [0.05, 0.1) is 24.2 Å². The van der Waals surface area contributed by atoms with Crippen molar-refractivity contribution in [3.8, 4) is 23.3 Å². The lowest BCUT2D eigenvalue weighted by atomic mass is 10.1. The van der Waals surface area contributed by atoms with Crippen LogP contribution in [0.25, 0.3) is 0 Å². The maximum Gasteiger partial charge on any atom is 0.138 e. The summed E-state index contributed by atoms with van der Waals surface area (Å²) in [7, 11) is 1.61. The van der Waals surface area contributed by atoms with Crippen LogP contribution in [-0.4, -0.2) is 13.7 Å². The third kappa shape index (κ3) is 4.16. The van der Waals surface area contributed by atoms with Crippen molar-refractivity contribution in [2.24, 2.45) is 5.73 Å². The summed E-state index contributed by atoms with van der Waals surface area (Å²) in [4.78, 5) is 0. The van der Waals surface area contributed by atoms with Gasteiger partial charge in [0.15, 0.2) is 0 Å². The van der Waals surface area contributed by atoms with Crippen LogP contribution in [0.5, 0.6) is 11.5 Å². The lowest BCUT2D eigenvalue weighted by Gasteiger charge is -2.09. The Morgan fingerprint density at radius 3 is 2.67 bits per heavy atom. The Labute approximate surface area is 129 Å². The lowest BCUT2D eigenvalue weighted by molar-refractivity contribution is 0.306. The van der Waals surface area contributed by atoms with E-state index in [4.69, 9.17) is 26.8 Å². The summed E-state index contributed by atoms with van der Waals surface area (Å²) in [6.45, 7) is 0.717. The number of ether oxygens (including phenoxy) is 2. The zero-order valence-electron chi connectivity index (χ0n) is 11.7. The van der Waals surface area contributed by atoms with Crippen molar-refractivity contribution >= 4 is 11.6 Å². The molecule has 4 heteroatoms. The van der Waals surface area contributed by atoms with E-state index in [1.165, 1.54) is 0 Å². The maximum atomic E-state index is 6.06. The first-order valence-corrected chi connectivity index (χ1v) is 6.85. The van der Waals surface area contributed by atoms with Gasteiger partial charge in [-0.25, -0.2) is 0 Å². The normalized spacial score (nSPS) is 9.67. The van der Waals surface area contributed by atoms with E-state index in [2.05, 4.69) is 11.8 Å². The molecule has 0 spiro atoms. The molecular weight excluding hydrogens is 286 g/mol. The second-order valence-electron chi connectivity index (χ2n) is 4.26. The van der Waals surface area contributed by atoms with E-state index in [1.807, 2.05) is 36.4 Å². The fourth-order valence-corrected chi connectivity index (χ4v) is 2.00. The summed E-state index contributed by atoms with van der Waals surface area (Å²) in [5, 5.41) is 0.592. The van der Waals surface area contributed by atoms with Crippen molar-refractivity contribution in [2.45, 2.75) is 6.61 Å². The van der Waals surface area contributed by atoms with Crippen molar-refractivity contribution < 1.29 is 9.47 Å². The molecule has 2 aromatic carbocycles. The minimum Gasteiger partial charge on any atom is -0.495 e. The van der Waals surface area contributed by atoms with Crippen molar-refractivity contribution in [1.82, 2.24) is 0 Å². The molecule has 0 saturated heterocycles. The minimum atomic E-state index is 0.309. The molecule has 0 aliphatic heterocycles. The van der Waals surface area contributed by atoms with E-state index >= 15 is 0 Å². The zero-order chi connectivity index (χ0) is 15.1. The Kier molecular flexibility index (Phi) is 5.51. The number of rotatable bonds is 4. The molecule has 0 heterocycles. The quantitative estimate of drug-likeness (QED) is 0.882. The molecule has 21 heavy (non-hydrogen) atoms. The second kappa shape index (κ2) is 7.58. The number of halogens is 1. The van der Waals surface area contributed by atoms with Crippen LogP contribution in [0.1, 0.15) is 11.1 Å². The monoisotopic (exact) mass is 301 g/mol. The van der Waals surface area contributed by atoms with Crippen molar-refractivity contribution in [1.29, 1.82) is 0 Å². The second-order valence-corrected chi connectivity index (χ2v) is 4.67. The molecule has 0 amide bonds. The fraction of sp³-hybridized carbons (Fsp3) is 0.176. The summed E-state index contributed by atoms with van der Waals surface area (Å²) in [5.74, 6) is 7.19. The predicted octanol–water partition coefficient (Wildman–Crippen LogP) is 3.24. The summed E-state index contributed by atoms with van der Waals surface area (Å²) in [6, 6.07) is 13.1. The van der Waals surface area contributed by atoms with Crippen LogP contribution in [0.3, 0.4) is 0 Å². The topological polar surface area (TPSA) is 44.5 Å². The van der Waals surface area contributed by atoms with Gasteiger partial charge in [-0.2, -0.15) is 0 Å². The zero-order valence-corrected chi connectivity index (χ0v) is 12.5. The number of nitrogens with two attached hydrogens (primary N) is 1. The van der Waals surface area contributed by atoms with Gasteiger partial charge in [0.1, 0.15) is 18.1 Å². The van der Waals surface area contributed by atoms with Crippen LogP contribution < -0.4 is 15.2 Å². The first-order valence-electron chi connectivity index (χ1n) is 6.47. The van der Waals surface area contributed by atoms with Gasteiger partial charge in [-0.3, -0.25) is 0 Å². The van der Waals surface area contributed by atoms with Crippen LogP contribution in [0, 0.1) is 11.8 Å². The van der Waals surface area contributed by atoms with Gasteiger partial charge >= 0.3 is 0 Å². The van der Waals surface area contributed by atoms with Crippen molar-refractivity contribution in [2.75, 3.05) is 13.7 Å². The van der Waals surface area contributed by atoms with Crippen LogP contribution >= 0.6 is 11.6 Å². The SMILES string of the molecule is COc1ccc(COc2ccccc2Cl)cc1C#CCN. The number of benzene rings is 2. The summed E-state index contributed by atoms with van der Waals surface area (Å²) in [6.07, 6.45) is 0.